The molecule has 0 bridgehead atoms. The predicted octanol–water partition coefficient (Wildman–Crippen LogP) is 4.67. The molecule has 6 nitrogen and oxygen atoms in total. The van der Waals surface area contributed by atoms with Gasteiger partial charge in [-0.15, -0.1) is 0 Å². The molecule has 1 amide bonds. The highest BCUT2D eigenvalue weighted by Crippen LogP contribution is 2.37. The van der Waals surface area contributed by atoms with Crippen LogP contribution < -0.4 is 10.1 Å². The number of amides is 1. The molecule has 3 rings (SSSR count). The van der Waals surface area contributed by atoms with Crippen molar-refractivity contribution < 1.29 is 23.8 Å². The highest BCUT2D eigenvalue weighted by atomic mass is 79.9. The maximum Gasteiger partial charge on any atom is 0.411 e. The van der Waals surface area contributed by atoms with Crippen molar-refractivity contribution in [3.05, 3.63) is 58.6 Å². The highest BCUT2D eigenvalue weighted by Gasteiger charge is 2.43. The van der Waals surface area contributed by atoms with Crippen LogP contribution in [0.3, 0.4) is 0 Å². The average Bonchev–Trinajstić information content (AvgIpc) is 2.69. The van der Waals surface area contributed by atoms with Crippen LogP contribution in [0, 0.1) is 0 Å². The van der Waals surface area contributed by atoms with Crippen LogP contribution >= 0.6 is 15.9 Å². The van der Waals surface area contributed by atoms with Crippen molar-refractivity contribution in [2.45, 2.75) is 25.2 Å². The van der Waals surface area contributed by atoms with E-state index in [1.165, 1.54) is 0 Å². The van der Waals surface area contributed by atoms with Crippen LogP contribution in [0.25, 0.3) is 0 Å². The Morgan fingerprint density at radius 2 is 1.86 bits per heavy atom. The Morgan fingerprint density at radius 1 is 1.14 bits per heavy atom. The van der Waals surface area contributed by atoms with Crippen LogP contribution in [-0.4, -0.2) is 31.9 Å². The van der Waals surface area contributed by atoms with Gasteiger partial charge in [0, 0.05) is 29.4 Å². The summed E-state index contributed by atoms with van der Waals surface area (Å²) < 4.78 is 17.0. The van der Waals surface area contributed by atoms with Crippen LogP contribution in [0.2, 0.25) is 0 Å². The molecule has 0 radical (unpaired) electrons. The van der Waals surface area contributed by atoms with Crippen LogP contribution in [0.15, 0.2) is 53.0 Å². The number of ether oxygens (including phenoxy) is 3. The largest absolute Gasteiger partial charge is 0.450 e. The number of hydrogen-bond donors (Lipinski definition) is 1. The zero-order valence-corrected chi connectivity index (χ0v) is 17.2. The van der Waals surface area contributed by atoms with Crippen LogP contribution in [-0.2, 0) is 19.7 Å². The van der Waals surface area contributed by atoms with Gasteiger partial charge in [-0.25, -0.2) is 4.79 Å². The van der Waals surface area contributed by atoms with Crippen molar-refractivity contribution in [3.63, 3.8) is 0 Å². The van der Waals surface area contributed by atoms with E-state index < -0.39 is 11.5 Å². The molecule has 1 aliphatic rings. The monoisotopic (exact) mass is 447 g/mol. The molecule has 0 saturated carbocycles. The van der Waals surface area contributed by atoms with E-state index in [2.05, 4.69) is 21.2 Å². The third-order valence-electron chi connectivity index (χ3n) is 4.70. The maximum absolute atomic E-state index is 13.2. The van der Waals surface area contributed by atoms with E-state index in [4.69, 9.17) is 14.2 Å². The van der Waals surface area contributed by atoms with E-state index in [1.54, 1.807) is 31.2 Å². The molecule has 1 saturated heterocycles. The number of esters is 1. The quantitative estimate of drug-likeness (QED) is 0.532. The van der Waals surface area contributed by atoms with E-state index in [9.17, 15) is 9.59 Å². The van der Waals surface area contributed by atoms with Gasteiger partial charge in [0.2, 0.25) is 0 Å². The summed E-state index contributed by atoms with van der Waals surface area (Å²) in [4.78, 5) is 24.8. The van der Waals surface area contributed by atoms with Gasteiger partial charge in [-0.2, -0.15) is 0 Å². The lowest BCUT2D eigenvalue weighted by Gasteiger charge is -2.35. The van der Waals surface area contributed by atoms with Gasteiger partial charge in [0.05, 0.1) is 12.0 Å². The third kappa shape index (κ3) is 4.72. The van der Waals surface area contributed by atoms with E-state index in [-0.39, 0.29) is 12.6 Å². The maximum atomic E-state index is 13.2. The normalized spacial score (nSPS) is 15.5. The summed E-state index contributed by atoms with van der Waals surface area (Å²) in [7, 11) is 0. The summed E-state index contributed by atoms with van der Waals surface area (Å²) in [6.45, 7) is 3.00. The molecule has 7 heteroatoms. The van der Waals surface area contributed by atoms with Gasteiger partial charge in [-0.05, 0) is 49.6 Å². The van der Waals surface area contributed by atoms with E-state index >= 15 is 0 Å². The first-order valence-electron chi connectivity index (χ1n) is 9.13. The molecule has 0 atom stereocenters. The summed E-state index contributed by atoms with van der Waals surface area (Å²) in [5.74, 6) is 0.0358. The molecule has 1 N–H and O–H groups in total. The van der Waals surface area contributed by atoms with Crippen molar-refractivity contribution >= 4 is 33.7 Å². The number of carbonyl (C=O) groups is 2. The molecule has 2 aromatic carbocycles. The molecule has 148 valence electrons. The smallest absolute Gasteiger partial charge is 0.411 e. The SMILES string of the molecule is CCOC(=O)Nc1cccc(OC(=O)C2(c3ccc(Br)cc3)CCOCC2)c1. The minimum Gasteiger partial charge on any atom is -0.450 e. The first-order chi connectivity index (χ1) is 13.5. The molecule has 1 fully saturated rings. The molecule has 2 aromatic rings. The van der Waals surface area contributed by atoms with Crippen molar-refractivity contribution in [1.82, 2.24) is 0 Å². The van der Waals surface area contributed by atoms with Crippen molar-refractivity contribution in [3.8, 4) is 5.75 Å². The summed E-state index contributed by atoms with van der Waals surface area (Å²) in [6.07, 6.45) is 0.546. The Morgan fingerprint density at radius 3 is 2.54 bits per heavy atom. The van der Waals surface area contributed by atoms with Gasteiger partial charge >= 0.3 is 12.1 Å². The number of nitrogens with one attached hydrogen (secondary N) is 1. The van der Waals surface area contributed by atoms with Crippen LogP contribution in [0.5, 0.6) is 5.75 Å². The summed E-state index contributed by atoms with van der Waals surface area (Å²) in [5, 5.41) is 2.61. The Balaban J connectivity index is 1.81. The molecular weight excluding hydrogens is 426 g/mol. The number of anilines is 1. The zero-order chi connectivity index (χ0) is 20.0. The molecule has 1 aliphatic heterocycles. The minimum absolute atomic E-state index is 0.276. The summed E-state index contributed by atoms with van der Waals surface area (Å²) in [5.41, 5.74) is 0.641. The minimum atomic E-state index is -0.760. The highest BCUT2D eigenvalue weighted by molar-refractivity contribution is 9.10. The second-order valence-electron chi connectivity index (χ2n) is 6.46. The van der Waals surface area contributed by atoms with Gasteiger partial charge in [0.1, 0.15) is 5.75 Å². The number of benzene rings is 2. The molecule has 0 unspecified atom stereocenters. The molecule has 0 aliphatic carbocycles. The molecule has 0 aromatic heterocycles. The van der Waals surface area contributed by atoms with Crippen molar-refractivity contribution in [2.24, 2.45) is 0 Å². The van der Waals surface area contributed by atoms with Crippen LogP contribution in [0.4, 0.5) is 10.5 Å². The van der Waals surface area contributed by atoms with Crippen molar-refractivity contribution in [1.29, 1.82) is 0 Å². The standard InChI is InChI=1S/C21H22BrNO5/c1-2-27-20(25)23-17-4-3-5-18(14-17)28-19(24)21(10-12-26-13-11-21)15-6-8-16(22)9-7-15/h3-9,14H,2,10-13H2,1H3,(H,23,25). The Labute approximate surface area is 172 Å². The Kier molecular flexibility index (Phi) is 6.70. The van der Waals surface area contributed by atoms with Crippen molar-refractivity contribution in [2.75, 3.05) is 25.1 Å². The van der Waals surface area contributed by atoms with Gasteiger partial charge in [-0.3, -0.25) is 10.1 Å². The Hall–Kier alpha value is -2.38. The van der Waals surface area contributed by atoms with E-state index in [0.29, 0.717) is 37.5 Å². The first kappa shape index (κ1) is 20.4. The fraction of sp³-hybridized carbons (Fsp3) is 0.333. The lowest BCUT2D eigenvalue weighted by Crippen LogP contribution is -2.44. The fourth-order valence-corrected chi connectivity index (χ4v) is 3.49. The van der Waals surface area contributed by atoms with Gasteiger partial charge in [0.25, 0.3) is 0 Å². The number of carbonyl (C=O) groups excluding carboxylic acids is 2. The number of rotatable bonds is 5. The van der Waals surface area contributed by atoms with Gasteiger partial charge in [-0.1, -0.05) is 34.1 Å². The molecule has 0 spiro atoms. The molecular formula is C21H22BrNO5. The van der Waals surface area contributed by atoms with E-state index in [0.717, 1.165) is 10.0 Å². The lowest BCUT2D eigenvalue weighted by molar-refractivity contribution is -0.145. The number of hydrogen-bond acceptors (Lipinski definition) is 5. The predicted molar refractivity (Wildman–Crippen MR) is 109 cm³/mol. The molecule has 28 heavy (non-hydrogen) atoms. The topological polar surface area (TPSA) is 73.9 Å². The summed E-state index contributed by atoms with van der Waals surface area (Å²) >= 11 is 3.43. The first-order valence-corrected chi connectivity index (χ1v) is 9.93. The summed E-state index contributed by atoms with van der Waals surface area (Å²) in [6, 6.07) is 14.4. The van der Waals surface area contributed by atoms with Gasteiger partial charge < -0.3 is 14.2 Å². The second-order valence-corrected chi connectivity index (χ2v) is 7.38. The molecule has 1 heterocycles. The third-order valence-corrected chi connectivity index (χ3v) is 5.23. The van der Waals surface area contributed by atoms with Crippen LogP contribution in [0.1, 0.15) is 25.3 Å². The van der Waals surface area contributed by atoms with Gasteiger partial charge in [0.15, 0.2) is 0 Å². The second kappa shape index (κ2) is 9.21. The average molecular weight is 448 g/mol. The zero-order valence-electron chi connectivity index (χ0n) is 15.6. The lowest BCUT2D eigenvalue weighted by atomic mass is 9.74. The van der Waals surface area contributed by atoms with E-state index in [1.807, 2.05) is 24.3 Å². The Bertz CT molecular complexity index is 831. The number of halogens is 1. The fourth-order valence-electron chi connectivity index (χ4n) is 3.23.